The molecule has 0 aliphatic carbocycles. The lowest BCUT2D eigenvalue weighted by molar-refractivity contribution is 0.0536. The van der Waals surface area contributed by atoms with E-state index in [0.717, 1.165) is 23.0 Å². The van der Waals surface area contributed by atoms with Crippen LogP contribution in [0.5, 0.6) is 0 Å². The Morgan fingerprint density at radius 2 is 1.47 bits per heavy atom. The monoisotopic (exact) mass is 403 g/mol. The summed E-state index contributed by atoms with van der Waals surface area (Å²) in [6.45, 7) is 9.42. The predicted molar refractivity (Wildman–Crippen MR) is 120 cm³/mol. The van der Waals surface area contributed by atoms with Crippen LogP contribution in [0.2, 0.25) is 0 Å². The normalized spacial score (nSPS) is 14.5. The third-order valence-corrected chi connectivity index (χ3v) is 6.04. The molecule has 0 unspecified atom stereocenters. The topological polar surface area (TPSA) is 45.6 Å². The highest BCUT2D eigenvalue weighted by Crippen LogP contribution is 2.23. The van der Waals surface area contributed by atoms with Gasteiger partial charge >= 0.3 is 0 Å². The van der Waals surface area contributed by atoms with Gasteiger partial charge in [0.05, 0.1) is 5.56 Å². The molecule has 156 valence electrons. The Kier molecular flexibility index (Phi) is 5.62. The van der Waals surface area contributed by atoms with Crippen molar-refractivity contribution in [3.8, 4) is 0 Å². The molecule has 2 amide bonds. The van der Waals surface area contributed by atoms with Gasteiger partial charge in [-0.1, -0.05) is 44.2 Å². The van der Waals surface area contributed by atoms with Gasteiger partial charge in [0.2, 0.25) is 0 Å². The number of para-hydroxylation sites is 1. The van der Waals surface area contributed by atoms with E-state index in [9.17, 15) is 9.59 Å². The van der Waals surface area contributed by atoms with E-state index in [1.54, 1.807) is 0 Å². The molecule has 2 heterocycles. The van der Waals surface area contributed by atoms with Crippen LogP contribution in [-0.4, -0.2) is 52.4 Å². The number of amides is 2. The summed E-state index contributed by atoms with van der Waals surface area (Å²) in [5.74, 6) is 0.536. The first-order chi connectivity index (χ1) is 14.5. The van der Waals surface area contributed by atoms with Gasteiger partial charge in [0.15, 0.2) is 0 Å². The summed E-state index contributed by atoms with van der Waals surface area (Å²) in [6.07, 6.45) is 1.96. The molecule has 4 rings (SSSR count). The highest BCUT2D eigenvalue weighted by molar-refractivity contribution is 6.07. The van der Waals surface area contributed by atoms with Crippen molar-refractivity contribution in [3.63, 3.8) is 0 Å². The minimum absolute atomic E-state index is 0.0417. The Bertz CT molecular complexity index is 1060. The summed E-state index contributed by atoms with van der Waals surface area (Å²) in [5, 5.41) is 0.994. The molecule has 5 heteroatoms. The molecule has 1 aliphatic rings. The number of aryl methyl sites for hydroxylation is 1. The lowest BCUT2D eigenvalue weighted by atomic mass is 10.0. The number of hydrogen-bond donors (Lipinski definition) is 0. The van der Waals surface area contributed by atoms with Crippen molar-refractivity contribution in [2.45, 2.75) is 33.2 Å². The van der Waals surface area contributed by atoms with E-state index >= 15 is 0 Å². The fourth-order valence-corrected chi connectivity index (χ4v) is 4.15. The molecule has 2 aromatic carbocycles. The zero-order chi connectivity index (χ0) is 21.3. The number of carbonyl (C=O) groups is 2. The van der Waals surface area contributed by atoms with Gasteiger partial charge < -0.3 is 14.4 Å². The first kappa shape index (κ1) is 20.2. The molecule has 0 spiro atoms. The van der Waals surface area contributed by atoms with Gasteiger partial charge in [0, 0.05) is 55.4 Å². The number of fused-ring (bicyclic) bond motifs is 1. The van der Waals surface area contributed by atoms with Crippen LogP contribution >= 0.6 is 0 Å². The van der Waals surface area contributed by atoms with Gasteiger partial charge in [-0.2, -0.15) is 0 Å². The average molecular weight is 404 g/mol. The molecule has 0 bridgehead atoms. The summed E-state index contributed by atoms with van der Waals surface area (Å²) in [7, 11) is 0. The Balaban J connectivity index is 1.44. The third kappa shape index (κ3) is 3.72. The quantitative estimate of drug-likeness (QED) is 0.649. The summed E-state index contributed by atoms with van der Waals surface area (Å²) >= 11 is 0. The van der Waals surface area contributed by atoms with E-state index in [4.69, 9.17) is 0 Å². The number of piperazine rings is 1. The maximum absolute atomic E-state index is 13.2. The standard InChI is InChI=1S/C25H29N3O2/c1-4-26-17-22(21-7-5-6-8-23(21)26)25(30)28-15-13-27(14-16-28)24(29)20-11-9-19(10-12-20)18(2)3/h5-12,17-18H,4,13-16H2,1-3H3. The highest BCUT2D eigenvalue weighted by atomic mass is 16.2. The number of carbonyl (C=O) groups excluding carboxylic acids is 2. The van der Waals surface area contributed by atoms with E-state index < -0.39 is 0 Å². The minimum atomic E-state index is 0.0417. The summed E-state index contributed by atoms with van der Waals surface area (Å²) in [5.41, 5.74) is 3.77. The molecule has 1 aliphatic heterocycles. The van der Waals surface area contributed by atoms with Crippen LogP contribution in [0.25, 0.3) is 10.9 Å². The van der Waals surface area contributed by atoms with E-state index in [2.05, 4.69) is 31.4 Å². The summed E-state index contributed by atoms with van der Waals surface area (Å²) < 4.78 is 2.11. The summed E-state index contributed by atoms with van der Waals surface area (Å²) in [4.78, 5) is 29.8. The zero-order valence-corrected chi connectivity index (χ0v) is 18.0. The van der Waals surface area contributed by atoms with Crippen molar-refractivity contribution < 1.29 is 9.59 Å². The molecule has 0 atom stereocenters. The first-order valence-electron chi connectivity index (χ1n) is 10.8. The molecule has 0 radical (unpaired) electrons. The molecular formula is C25H29N3O2. The van der Waals surface area contributed by atoms with Gasteiger partial charge in [0.25, 0.3) is 11.8 Å². The highest BCUT2D eigenvalue weighted by Gasteiger charge is 2.27. The first-order valence-corrected chi connectivity index (χ1v) is 10.8. The second-order valence-electron chi connectivity index (χ2n) is 8.21. The van der Waals surface area contributed by atoms with Crippen LogP contribution in [0, 0.1) is 0 Å². The van der Waals surface area contributed by atoms with Gasteiger partial charge in [-0.15, -0.1) is 0 Å². The van der Waals surface area contributed by atoms with Gasteiger partial charge in [-0.05, 0) is 36.6 Å². The lowest BCUT2D eigenvalue weighted by Gasteiger charge is -2.34. The largest absolute Gasteiger partial charge is 0.347 e. The SMILES string of the molecule is CCn1cc(C(=O)N2CCN(C(=O)c3ccc(C(C)C)cc3)CC2)c2ccccc21. The number of rotatable bonds is 4. The van der Waals surface area contributed by atoms with E-state index in [1.807, 2.05) is 58.5 Å². The average Bonchev–Trinajstić information content (AvgIpc) is 3.17. The van der Waals surface area contributed by atoms with Crippen molar-refractivity contribution in [3.05, 3.63) is 71.4 Å². The van der Waals surface area contributed by atoms with Crippen LogP contribution in [0.15, 0.2) is 54.7 Å². The molecule has 3 aromatic rings. The molecule has 30 heavy (non-hydrogen) atoms. The van der Waals surface area contributed by atoms with E-state index in [1.165, 1.54) is 5.56 Å². The Morgan fingerprint density at radius 1 is 0.867 bits per heavy atom. The van der Waals surface area contributed by atoms with Gasteiger partial charge in [0.1, 0.15) is 0 Å². The molecule has 1 fully saturated rings. The zero-order valence-electron chi connectivity index (χ0n) is 18.0. The van der Waals surface area contributed by atoms with Crippen LogP contribution in [-0.2, 0) is 6.54 Å². The Labute approximate surface area is 177 Å². The van der Waals surface area contributed by atoms with Crippen molar-refractivity contribution in [2.75, 3.05) is 26.2 Å². The van der Waals surface area contributed by atoms with Crippen molar-refractivity contribution >= 4 is 22.7 Å². The Morgan fingerprint density at radius 3 is 2.07 bits per heavy atom. The smallest absolute Gasteiger partial charge is 0.256 e. The van der Waals surface area contributed by atoms with Crippen molar-refractivity contribution in [2.24, 2.45) is 0 Å². The molecule has 5 nitrogen and oxygen atoms in total. The molecular weight excluding hydrogens is 374 g/mol. The molecule has 1 aromatic heterocycles. The second kappa shape index (κ2) is 8.34. The molecule has 0 saturated carbocycles. The third-order valence-electron chi connectivity index (χ3n) is 6.04. The fourth-order valence-electron chi connectivity index (χ4n) is 4.15. The second-order valence-corrected chi connectivity index (χ2v) is 8.21. The van der Waals surface area contributed by atoms with Crippen LogP contribution in [0.4, 0.5) is 0 Å². The van der Waals surface area contributed by atoms with Crippen LogP contribution in [0.1, 0.15) is 53.0 Å². The van der Waals surface area contributed by atoms with E-state index in [0.29, 0.717) is 37.7 Å². The maximum atomic E-state index is 13.2. The maximum Gasteiger partial charge on any atom is 0.256 e. The lowest BCUT2D eigenvalue weighted by Crippen LogP contribution is -2.50. The number of nitrogens with zero attached hydrogens (tertiary/aromatic N) is 3. The van der Waals surface area contributed by atoms with Gasteiger partial charge in [-0.25, -0.2) is 0 Å². The molecule has 1 saturated heterocycles. The summed E-state index contributed by atoms with van der Waals surface area (Å²) in [6, 6.07) is 15.9. The number of benzene rings is 2. The predicted octanol–water partition coefficient (Wildman–Crippen LogP) is 4.38. The number of hydrogen-bond acceptors (Lipinski definition) is 2. The Hall–Kier alpha value is -3.08. The van der Waals surface area contributed by atoms with Crippen molar-refractivity contribution in [1.82, 2.24) is 14.4 Å². The van der Waals surface area contributed by atoms with Crippen LogP contribution < -0.4 is 0 Å². The molecule has 0 N–H and O–H groups in total. The van der Waals surface area contributed by atoms with Crippen LogP contribution in [0.3, 0.4) is 0 Å². The van der Waals surface area contributed by atoms with Gasteiger partial charge in [-0.3, -0.25) is 9.59 Å². The van der Waals surface area contributed by atoms with E-state index in [-0.39, 0.29) is 11.8 Å². The minimum Gasteiger partial charge on any atom is -0.347 e. The van der Waals surface area contributed by atoms with Crippen molar-refractivity contribution in [1.29, 1.82) is 0 Å². The fraction of sp³-hybridized carbons (Fsp3) is 0.360. The number of aromatic nitrogens is 1.